The van der Waals surface area contributed by atoms with Crippen molar-refractivity contribution < 1.29 is 23.7 Å². The molecule has 0 radical (unpaired) electrons. The fourth-order valence-electron chi connectivity index (χ4n) is 3.78. The van der Waals surface area contributed by atoms with E-state index in [1.54, 1.807) is 20.3 Å². The average Bonchev–Trinajstić information content (AvgIpc) is 2.95. The van der Waals surface area contributed by atoms with Crippen LogP contribution in [0, 0.1) is 0 Å². The Morgan fingerprint density at radius 1 is 0.868 bits per heavy atom. The highest BCUT2D eigenvalue weighted by Gasteiger charge is 2.28. The molecule has 38 heavy (non-hydrogen) atoms. The molecule has 0 unspecified atom stereocenters. The van der Waals surface area contributed by atoms with Gasteiger partial charge in [0.2, 0.25) is 0 Å². The first kappa shape index (κ1) is 29.2. The first-order valence-corrected chi connectivity index (χ1v) is 13.1. The van der Waals surface area contributed by atoms with E-state index in [2.05, 4.69) is 18.8 Å². The molecule has 1 N–H and O–H groups in total. The molecule has 0 spiro atoms. The van der Waals surface area contributed by atoms with E-state index in [1.165, 1.54) is 0 Å². The van der Waals surface area contributed by atoms with Crippen molar-refractivity contribution in [2.24, 2.45) is 0 Å². The van der Waals surface area contributed by atoms with E-state index < -0.39 is 0 Å². The summed E-state index contributed by atoms with van der Waals surface area (Å²) < 4.78 is 22.9. The van der Waals surface area contributed by atoms with Crippen molar-refractivity contribution >= 4 is 29.1 Å². The Bertz CT molecular complexity index is 1230. The summed E-state index contributed by atoms with van der Waals surface area (Å²) in [6.07, 6.45) is 3.90. The van der Waals surface area contributed by atoms with Crippen molar-refractivity contribution in [1.29, 1.82) is 0 Å². The van der Waals surface area contributed by atoms with Crippen molar-refractivity contribution in [2.75, 3.05) is 20.8 Å². The zero-order chi connectivity index (χ0) is 27.5. The topological polar surface area (TPSA) is 66.0 Å². The Hall–Kier alpha value is -3.35. The second kappa shape index (κ2) is 14.6. The van der Waals surface area contributed by atoms with E-state index in [0.717, 1.165) is 35.5 Å². The van der Waals surface area contributed by atoms with Crippen LogP contribution in [-0.2, 0) is 19.6 Å². The standard InChI is InChI=1S/C30H33Cl2NO5/c1-5-7-8-24-25(30(34)33-17-6-2)27(32)29(38-19-21-11-15-23(36-4)16-12-21)28(26(24)31)37-18-20-9-13-22(35-3)14-10-20/h6,9-16H,2,5,7-8,17-19H2,1,3-4H3,(H,33,34). The summed E-state index contributed by atoms with van der Waals surface area (Å²) in [6.45, 7) is 6.43. The number of carbonyl (C=O) groups is 1. The molecule has 0 fully saturated rings. The van der Waals surface area contributed by atoms with Gasteiger partial charge in [0.1, 0.15) is 24.7 Å². The van der Waals surface area contributed by atoms with Gasteiger partial charge in [-0.2, -0.15) is 0 Å². The summed E-state index contributed by atoms with van der Waals surface area (Å²) in [7, 11) is 3.23. The first-order chi connectivity index (χ1) is 18.4. The fourth-order valence-corrected chi connectivity index (χ4v) is 4.45. The highest BCUT2D eigenvalue weighted by atomic mass is 35.5. The second-order valence-electron chi connectivity index (χ2n) is 8.52. The Balaban J connectivity index is 2.04. The highest BCUT2D eigenvalue weighted by Crippen LogP contribution is 2.47. The minimum Gasteiger partial charge on any atom is -0.497 e. The number of rotatable bonds is 14. The smallest absolute Gasteiger partial charge is 0.253 e. The summed E-state index contributed by atoms with van der Waals surface area (Å²) in [6, 6.07) is 15.0. The monoisotopic (exact) mass is 557 g/mol. The lowest BCUT2D eigenvalue weighted by Gasteiger charge is -2.22. The van der Waals surface area contributed by atoms with E-state index in [4.69, 9.17) is 42.1 Å². The molecular formula is C30H33Cl2NO5. The van der Waals surface area contributed by atoms with Gasteiger partial charge in [-0.25, -0.2) is 0 Å². The number of ether oxygens (including phenoxy) is 4. The zero-order valence-electron chi connectivity index (χ0n) is 21.9. The van der Waals surface area contributed by atoms with Gasteiger partial charge in [0.05, 0.1) is 29.8 Å². The molecular weight excluding hydrogens is 525 g/mol. The number of hydrogen-bond donors (Lipinski definition) is 1. The summed E-state index contributed by atoms with van der Waals surface area (Å²) in [5.74, 6) is 1.64. The molecule has 3 aromatic carbocycles. The number of benzene rings is 3. The van der Waals surface area contributed by atoms with Gasteiger partial charge in [0, 0.05) is 6.54 Å². The number of amides is 1. The van der Waals surface area contributed by atoms with Crippen molar-refractivity contribution in [3.63, 3.8) is 0 Å². The third kappa shape index (κ3) is 7.36. The Morgan fingerprint density at radius 2 is 1.37 bits per heavy atom. The van der Waals surface area contributed by atoms with Gasteiger partial charge in [0.15, 0.2) is 11.5 Å². The summed E-state index contributed by atoms with van der Waals surface area (Å²) in [5.41, 5.74) is 2.70. The van der Waals surface area contributed by atoms with Crippen molar-refractivity contribution in [1.82, 2.24) is 5.32 Å². The molecule has 0 aliphatic heterocycles. The normalized spacial score (nSPS) is 10.6. The van der Waals surface area contributed by atoms with Gasteiger partial charge in [-0.05, 0) is 53.8 Å². The van der Waals surface area contributed by atoms with Crippen LogP contribution in [0.1, 0.15) is 46.8 Å². The van der Waals surface area contributed by atoms with Crippen LogP contribution in [0.25, 0.3) is 0 Å². The second-order valence-corrected chi connectivity index (χ2v) is 9.27. The molecule has 0 aliphatic rings. The highest BCUT2D eigenvalue weighted by molar-refractivity contribution is 6.39. The molecule has 0 atom stereocenters. The molecule has 0 saturated heterocycles. The molecule has 0 aromatic heterocycles. The molecule has 1 amide bonds. The van der Waals surface area contributed by atoms with E-state index in [9.17, 15) is 4.79 Å². The third-order valence-electron chi connectivity index (χ3n) is 5.89. The van der Waals surface area contributed by atoms with E-state index in [0.29, 0.717) is 22.8 Å². The Kier molecular flexibility index (Phi) is 11.2. The maximum atomic E-state index is 13.2. The number of carbonyl (C=O) groups excluding carboxylic acids is 1. The van der Waals surface area contributed by atoms with Gasteiger partial charge in [-0.15, -0.1) is 6.58 Å². The summed E-state index contributed by atoms with van der Waals surface area (Å²) in [4.78, 5) is 13.2. The summed E-state index contributed by atoms with van der Waals surface area (Å²) in [5, 5.41) is 3.28. The Labute approximate surface area is 234 Å². The minimum atomic E-state index is -0.348. The molecule has 202 valence electrons. The number of hydrogen-bond acceptors (Lipinski definition) is 5. The molecule has 0 saturated carbocycles. The molecule has 0 aliphatic carbocycles. The van der Waals surface area contributed by atoms with Gasteiger partial charge in [0.25, 0.3) is 5.91 Å². The molecule has 6 nitrogen and oxygen atoms in total. The maximum absolute atomic E-state index is 13.2. The Morgan fingerprint density at radius 3 is 1.82 bits per heavy atom. The van der Waals surface area contributed by atoms with Gasteiger partial charge in [-0.1, -0.05) is 66.9 Å². The third-order valence-corrected chi connectivity index (χ3v) is 6.65. The first-order valence-electron chi connectivity index (χ1n) is 12.4. The van der Waals surface area contributed by atoms with Gasteiger partial charge in [-0.3, -0.25) is 4.79 Å². The van der Waals surface area contributed by atoms with E-state index in [1.807, 2.05) is 48.5 Å². The largest absolute Gasteiger partial charge is 0.497 e. The van der Waals surface area contributed by atoms with Crippen LogP contribution in [0.4, 0.5) is 0 Å². The SMILES string of the molecule is C=CCNC(=O)c1c(Cl)c(OCc2ccc(OC)cc2)c(OCc2ccc(OC)cc2)c(Cl)c1CCCC. The van der Waals surface area contributed by atoms with E-state index >= 15 is 0 Å². The lowest BCUT2D eigenvalue weighted by Crippen LogP contribution is -2.25. The van der Waals surface area contributed by atoms with Crippen LogP contribution in [-0.4, -0.2) is 26.7 Å². The number of halogens is 2. The lowest BCUT2D eigenvalue weighted by molar-refractivity contribution is 0.0956. The predicted molar refractivity (Wildman–Crippen MR) is 152 cm³/mol. The van der Waals surface area contributed by atoms with Crippen molar-refractivity contribution in [3.8, 4) is 23.0 Å². The molecule has 8 heteroatoms. The molecule has 3 aromatic rings. The maximum Gasteiger partial charge on any atom is 0.253 e. The van der Waals surface area contributed by atoms with Gasteiger partial charge < -0.3 is 24.3 Å². The van der Waals surface area contributed by atoms with Crippen LogP contribution in [0.2, 0.25) is 10.0 Å². The van der Waals surface area contributed by atoms with E-state index in [-0.39, 0.29) is 42.0 Å². The van der Waals surface area contributed by atoms with Gasteiger partial charge >= 0.3 is 0 Å². The minimum absolute atomic E-state index is 0.153. The fraction of sp³-hybridized carbons (Fsp3) is 0.300. The molecule has 0 heterocycles. The van der Waals surface area contributed by atoms with Crippen LogP contribution in [0.3, 0.4) is 0 Å². The van der Waals surface area contributed by atoms with Crippen LogP contribution < -0.4 is 24.3 Å². The lowest BCUT2D eigenvalue weighted by atomic mass is 9.99. The number of methoxy groups -OCH3 is 2. The average molecular weight is 559 g/mol. The van der Waals surface area contributed by atoms with Crippen LogP contribution >= 0.6 is 23.2 Å². The molecule has 3 rings (SSSR count). The molecule has 0 bridgehead atoms. The zero-order valence-corrected chi connectivity index (χ0v) is 23.5. The number of nitrogens with one attached hydrogen (secondary N) is 1. The predicted octanol–water partition coefficient (Wildman–Crippen LogP) is 7.43. The summed E-state index contributed by atoms with van der Waals surface area (Å²) >= 11 is 13.8. The van der Waals surface area contributed by atoms with Crippen molar-refractivity contribution in [2.45, 2.75) is 39.4 Å². The van der Waals surface area contributed by atoms with Crippen LogP contribution in [0.5, 0.6) is 23.0 Å². The van der Waals surface area contributed by atoms with Crippen molar-refractivity contribution in [3.05, 3.63) is 93.5 Å². The quantitative estimate of drug-likeness (QED) is 0.209. The van der Waals surface area contributed by atoms with Crippen LogP contribution in [0.15, 0.2) is 61.2 Å². The number of unbranched alkanes of at least 4 members (excludes halogenated alkanes) is 1.